The van der Waals surface area contributed by atoms with Crippen molar-refractivity contribution < 1.29 is 0 Å². The minimum absolute atomic E-state index is 0.889. The van der Waals surface area contributed by atoms with E-state index >= 15 is 0 Å². The maximum atomic E-state index is 4.41. The minimum atomic E-state index is 0.889. The highest BCUT2D eigenvalue weighted by atomic mass is 79.9. The Balaban J connectivity index is 2.94. The molecule has 0 fully saturated rings. The number of halogens is 1. The van der Waals surface area contributed by atoms with Crippen LogP contribution in [0.3, 0.4) is 0 Å². The highest BCUT2D eigenvalue weighted by Gasteiger charge is 2.08. The van der Waals surface area contributed by atoms with Gasteiger partial charge in [0.25, 0.3) is 0 Å². The molecule has 0 aliphatic heterocycles. The van der Waals surface area contributed by atoms with Crippen LogP contribution >= 0.6 is 15.9 Å². The summed E-state index contributed by atoms with van der Waals surface area (Å²) in [5, 5.41) is 4.38. The van der Waals surface area contributed by atoms with Gasteiger partial charge >= 0.3 is 0 Å². The normalized spacial score (nSPS) is 11.1. The van der Waals surface area contributed by atoms with Crippen LogP contribution in [0.1, 0.15) is 17.1 Å². The lowest BCUT2D eigenvalue weighted by Crippen LogP contribution is -1.96. The monoisotopic (exact) mass is 239 g/mol. The van der Waals surface area contributed by atoms with Crippen LogP contribution in [0.4, 0.5) is 0 Å². The Morgan fingerprint density at radius 3 is 2.69 bits per heavy atom. The molecule has 0 amide bonds. The van der Waals surface area contributed by atoms with E-state index in [1.54, 1.807) is 0 Å². The summed E-state index contributed by atoms with van der Waals surface area (Å²) in [5.41, 5.74) is 4.00. The molecule has 2 aromatic heterocycles. The number of aryl methyl sites for hydroxylation is 3. The van der Waals surface area contributed by atoms with Crippen LogP contribution in [0.5, 0.6) is 0 Å². The highest BCUT2D eigenvalue weighted by molar-refractivity contribution is 9.10. The van der Waals surface area contributed by atoms with Crippen molar-refractivity contribution >= 4 is 21.6 Å². The lowest BCUT2D eigenvalue weighted by atomic mass is 10.4. The summed E-state index contributed by atoms with van der Waals surface area (Å²) in [6.07, 6.45) is 0. The standard InChI is InChI=1S/C9H10BrN3/c1-5-4-8(10)9-11-6(2)7(3)13(9)12-5/h4H,1-3H3. The van der Waals surface area contributed by atoms with Gasteiger partial charge in [-0.3, -0.25) is 0 Å². The first-order valence-corrected chi connectivity index (χ1v) is 4.88. The van der Waals surface area contributed by atoms with Crippen LogP contribution in [-0.4, -0.2) is 14.6 Å². The van der Waals surface area contributed by atoms with E-state index in [2.05, 4.69) is 26.0 Å². The van der Waals surface area contributed by atoms with Gasteiger partial charge in [-0.15, -0.1) is 0 Å². The molecule has 0 aliphatic rings. The number of nitrogens with zero attached hydrogens (tertiary/aromatic N) is 3. The molecule has 0 bridgehead atoms. The molecule has 0 saturated heterocycles. The fourth-order valence-electron chi connectivity index (χ4n) is 1.31. The average Bonchev–Trinajstić information content (AvgIpc) is 2.32. The Hall–Kier alpha value is -0.900. The quantitative estimate of drug-likeness (QED) is 0.707. The average molecular weight is 240 g/mol. The van der Waals surface area contributed by atoms with Crippen molar-refractivity contribution in [2.45, 2.75) is 20.8 Å². The van der Waals surface area contributed by atoms with E-state index in [4.69, 9.17) is 0 Å². The summed E-state index contributed by atoms with van der Waals surface area (Å²) >= 11 is 3.47. The van der Waals surface area contributed by atoms with Gasteiger partial charge in [-0.2, -0.15) is 5.10 Å². The number of hydrogen-bond acceptors (Lipinski definition) is 2. The van der Waals surface area contributed by atoms with E-state index in [1.165, 1.54) is 0 Å². The molecule has 2 heterocycles. The van der Waals surface area contributed by atoms with Gasteiger partial charge in [0, 0.05) is 0 Å². The van der Waals surface area contributed by atoms with Crippen LogP contribution in [-0.2, 0) is 0 Å². The zero-order valence-corrected chi connectivity index (χ0v) is 9.38. The Bertz CT molecular complexity index is 473. The van der Waals surface area contributed by atoms with E-state index in [0.717, 1.165) is 27.2 Å². The van der Waals surface area contributed by atoms with E-state index in [1.807, 2.05) is 31.4 Å². The van der Waals surface area contributed by atoms with Crippen molar-refractivity contribution in [1.82, 2.24) is 14.6 Å². The molecule has 0 aromatic carbocycles. The fourth-order valence-corrected chi connectivity index (χ4v) is 1.90. The van der Waals surface area contributed by atoms with Gasteiger partial charge < -0.3 is 0 Å². The van der Waals surface area contributed by atoms with E-state index in [9.17, 15) is 0 Å². The molecule has 0 spiro atoms. The second-order valence-corrected chi connectivity index (χ2v) is 4.01. The van der Waals surface area contributed by atoms with Crippen LogP contribution < -0.4 is 0 Å². The molecule has 0 atom stereocenters. The minimum Gasteiger partial charge on any atom is -0.231 e. The predicted octanol–water partition coefficient (Wildman–Crippen LogP) is 2.42. The van der Waals surface area contributed by atoms with Gasteiger partial charge in [-0.05, 0) is 42.8 Å². The number of imidazole rings is 1. The molecule has 13 heavy (non-hydrogen) atoms. The Morgan fingerprint density at radius 1 is 1.31 bits per heavy atom. The molecule has 4 heteroatoms. The third-order valence-electron chi connectivity index (χ3n) is 2.12. The first-order valence-electron chi connectivity index (χ1n) is 4.08. The molecule has 3 nitrogen and oxygen atoms in total. The largest absolute Gasteiger partial charge is 0.231 e. The summed E-state index contributed by atoms with van der Waals surface area (Å²) in [4.78, 5) is 4.41. The topological polar surface area (TPSA) is 30.2 Å². The summed E-state index contributed by atoms with van der Waals surface area (Å²) in [7, 11) is 0. The predicted molar refractivity (Wildman–Crippen MR) is 54.9 cm³/mol. The van der Waals surface area contributed by atoms with E-state index < -0.39 is 0 Å². The van der Waals surface area contributed by atoms with Crippen molar-refractivity contribution in [3.05, 3.63) is 27.6 Å². The summed E-state index contributed by atoms with van der Waals surface area (Å²) in [5.74, 6) is 0. The zero-order chi connectivity index (χ0) is 9.59. The van der Waals surface area contributed by atoms with Crippen molar-refractivity contribution in [2.24, 2.45) is 0 Å². The fraction of sp³-hybridized carbons (Fsp3) is 0.333. The third kappa shape index (κ3) is 1.25. The maximum Gasteiger partial charge on any atom is 0.168 e. The lowest BCUT2D eigenvalue weighted by Gasteiger charge is -1.98. The molecule has 0 aliphatic carbocycles. The number of hydrogen-bond donors (Lipinski definition) is 0. The molecule has 0 radical (unpaired) electrons. The van der Waals surface area contributed by atoms with Gasteiger partial charge in [0.1, 0.15) is 0 Å². The first-order chi connectivity index (χ1) is 6.09. The second kappa shape index (κ2) is 2.80. The Labute approximate surface area is 84.9 Å². The van der Waals surface area contributed by atoms with E-state index in [0.29, 0.717) is 0 Å². The van der Waals surface area contributed by atoms with Crippen LogP contribution in [0.15, 0.2) is 10.5 Å². The van der Waals surface area contributed by atoms with E-state index in [-0.39, 0.29) is 0 Å². The number of aromatic nitrogens is 3. The third-order valence-corrected chi connectivity index (χ3v) is 2.71. The summed E-state index contributed by atoms with van der Waals surface area (Å²) in [6.45, 7) is 5.99. The van der Waals surface area contributed by atoms with Gasteiger partial charge in [0.15, 0.2) is 5.65 Å². The molecule has 2 aromatic rings. The van der Waals surface area contributed by atoms with Crippen molar-refractivity contribution in [3.8, 4) is 0 Å². The number of rotatable bonds is 0. The van der Waals surface area contributed by atoms with Crippen molar-refractivity contribution in [1.29, 1.82) is 0 Å². The Morgan fingerprint density at radius 2 is 2.00 bits per heavy atom. The maximum absolute atomic E-state index is 4.41. The Kier molecular flexibility index (Phi) is 1.87. The molecular formula is C9H10BrN3. The van der Waals surface area contributed by atoms with Crippen LogP contribution in [0, 0.1) is 20.8 Å². The molecule has 2 rings (SSSR count). The van der Waals surface area contributed by atoms with Crippen LogP contribution in [0.2, 0.25) is 0 Å². The smallest absolute Gasteiger partial charge is 0.168 e. The zero-order valence-electron chi connectivity index (χ0n) is 7.80. The van der Waals surface area contributed by atoms with Gasteiger partial charge in [0.05, 0.1) is 21.6 Å². The van der Waals surface area contributed by atoms with Crippen molar-refractivity contribution in [3.63, 3.8) is 0 Å². The van der Waals surface area contributed by atoms with Crippen molar-refractivity contribution in [2.75, 3.05) is 0 Å². The van der Waals surface area contributed by atoms with Crippen LogP contribution in [0.25, 0.3) is 5.65 Å². The van der Waals surface area contributed by atoms with Gasteiger partial charge in [-0.25, -0.2) is 9.50 Å². The molecule has 0 saturated carbocycles. The van der Waals surface area contributed by atoms with Gasteiger partial charge in [-0.1, -0.05) is 0 Å². The molecular weight excluding hydrogens is 230 g/mol. The summed E-state index contributed by atoms with van der Waals surface area (Å²) < 4.78 is 2.87. The molecule has 0 N–H and O–H groups in total. The molecule has 68 valence electrons. The summed E-state index contributed by atoms with van der Waals surface area (Å²) in [6, 6.07) is 1.97. The lowest BCUT2D eigenvalue weighted by molar-refractivity contribution is 0.864. The van der Waals surface area contributed by atoms with Gasteiger partial charge in [0.2, 0.25) is 0 Å². The number of fused-ring (bicyclic) bond motifs is 1. The second-order valence-electron chi connectivity index (χ2n) is 3.15. The first kappa shape index (κ1) is 8.69. The highest BCUT2D eigenvalue weighted by Crippen LogP contribution is 2.19. The molecule has 0 unspecified atom stereocenters. The SMILES string of the molecule is Cc1cc(Br)c2nc(C)c(C)n2n1.